The van der Waals surface area contributed by atoms with Crippen LogP contribution in [0.4, 0.5) is 0 Å². The molecule has 1 aliphatic heterocycles. The first-order valence-electron chi connectivity index (χ1n) is 4.91. The van der Waals surface area contributed by atoms with E-state index in [-0.39, 0.29) is 11.9 Å². The Morgan fingerprint density at radius 2 is 2.54 bits per heavy atom. The summed E-state index contributed by atoms with van der Waals surface area (Å²) in [5, 5.41) is 6.23. The molecule has 13 heavy (non-hydrogen) atoms. The second-order valence-electron chi connectivity index (χ2n) is 3.48. The third-order valence-corrected chi connectivity index (χ3v) is 2.66. The number of carbonyl (C=O) groups excluding carboxylic acids is 1. The third kappa shape index (κ3) is 2.84. The fourth-order valence-electron chi connectivity index (χ4n) is 1.81. The van der Waals surface area contributed by atoms with Gasteiger partial charge in [0, 0.05) is 12.6 Å². The zero-order chi connectivity index (χ0) is 9.68. The molecule has 74 valence electrons. The summed E-state index contributed by atoms with van der Waals surface area (Å²) in [4.78, 5) is 11.1. The lowest BCUT2D eigenvalue weighted by molar-refractivity contribution is -0.117. The van der Waals surface area contributed by atoms with Crippen LogP contribution < -0.4 is 10.6 Å². The predicted molar refractivity (Wildman–Crippen MR) is 53.4 cm³/mol. The van der Waals surface area contributed by atoms with Crippen LogP contribution >= 0.6 is 0 Å². The minimum atomic E-state index is -0.0628. The van der Waals surface area contributed by atoms with Gasteiger partial charge in [-0.05, 0) is 25.0 Å². The Kier molecular flexibility index (Phi) is 3.96. The summed E-state index contributed by atoms with van der Waals surface area (Å²) in [5.74, 6) is 0.553. The van der Waals surface area contributed by atoms with Crippen molar-refractivity contribution in [3.05, 3.63) is 12.7 Å². The molecule has 0 saturated carbocycles. The van der Waals surface area contributed by atoms with Gasteiger partial charge in [-0.1, -0.05) is 19.9 Å². The summed E-state index contributed by atoms with van der Waals surface area (Å²) < 4.78 is 0. The highest BCUT2D eigenvalue weighted by Gasteiger charge is 2.23. The molecule has 1 rings (SSSR count). The summed E-state index contributed by atoms with van der Waals surface area (Å²) in [6, 6.07) is 0.282. The van der Waals surface area contributed by atoms with Crippen molar-refractivity contribution in [3.63, 3.8) is 0 Å². The second-order valence-corrected chi connectivity index (χ2v) is 3.48. The molecule has 1 heterocycles. The average molecular weight is 182 g/mol. The van der Waals surface area contributed by atoms with Gasteiger partial charge in [0.2, 0.25) is 5.91 Å². The third-order valence-electron chi connectivity index (χ3n) is 2.66. The van der Waals surface area contributed by atoms with Crippen molar-refractivity contribution in [3.8, 4) is 0 Å². The molecule has 1 amide bonds. The summed E-state index contributed by atoms with van der Waals surface area (Å²) >= 11 is 0. The maximum absolute atomic E-state index is 11.1. The van der Waals surface area contributed by atoms with Crippen molar-refractivity contribution in [1.82, 2.24) is 10.6 Å². The SMILES string of the molecule is C=CC(=O)NC1CNCCC1CC. The number of hydrogen-bond donors (Lipinski definition) is 2. The highest BCUT2D eigenvalue weighted by atomic mass is 16.1. The van der Waals surface area contributed by atoms with Crippen molar-refractivity contribution < 1.29 is 4.79 Å². The monoisotopic (exact) mass is 182 g/mol. The molecule has 0 aromatic carbocycles. The molecule has 1 saturated heterocycles. The van der Waals surface area contributed by atoms with Crippen molar-refractivity contribution in [1.29, 1.82) is 0 Å². The van der Waals surface area contributed by atoms with Gasteiger partial charge in [0.15, 0.2) is 0 Å². The molecular weight excluding hydrogens is 164 g/mol. The molecule has 1 aliphatic rings. The van der Waals surface area contributed by atoms with Crippen molar-refractivity contribution >= 4 is 5.91 Å². The number of piperidine rings is 1. The van der Waals surface area contributed by atoms with Crippen LogP contribution in [0.3, 0.4) is 0 Å². The van der Waals surface area contributed by atoms with E-state index in [9.17, 15) is 4.79 Å². The summed E-state index contributed by atoms with van der Waals surface area (Å²) in [5.41, 5.74) is 0. The Bertz CT molecular complexity index is 191. The molecule has 3 nitrogen and oxygen atoms in total. The van der Waals surface area contributed by atoms with Gasteiger partial charge in [0.25, 0.3) is 0 Å². The number of amides is 1. The van der Waals surface area contributed by atoms with Crippen molar-refractivity contribution in [2.75, 3.05) is 13.1 Å². The van der Waals surface area contributed by atoms with E-state index in [4.69, 9.17) is 0 Å². The van der Waals surface area contributed by atoms with Crippen LogP contribution in [0.5, 0.6) is 0 Å². The highest BCUT2D eigenvalue weighted by molar-refractivity contribution is 5.87. The van der Waals surface area contributed by atoms with E-state index >= 15 is 0 Å². The lowest BCUT2D eigenvalue weighted by atomic mass is 9.90. The number of hydrogen-bond acceptors (Lipinski definition) is 2. The molecule has 0 aliphatic carbocycles. The van der Waals surface area contributed by atoms with Crippen LogP contribution in [-0.4, -0.2) is 25.0 Å². The van der Waals surface area contributed by atoms with E-state index in [1.165, 1.54) is 6.08 Å². The summed E-state index contributed by atoms with van der Waals surface area (Å²) in [6.45, 7) is 7.57. The average Bonchev–Trinajstić information content (AvgIpc) is 2.18. The minimum absolute atomic E-state index is 0.0628. The van der Waals surface area contributed by atoms with Gasteiger partial charge in [-0.3, -0.25) is 4.79 Å². The van der Waals surface area contributed by atoms with Crippen LogP contribution in [-0.2, 0) is 4.79 Å². The zero-order valence-corrected chi connectivity index (χ0v) is 8.18. The quantitative estimate of drug-likeness (QED) is 0.630. The molecular formula is C10H18N2O. The van der Waals surface area contributed by atoms with Crippen molar-refractivity contribution in [2.45, 2.75) is 25.8 Å². The standard InChI is InChI=1S/C10H18N2O/c1-3-8-5-6-11-7-9(8)12-10(13)4-2/h4,8-9,11H,2-3,5-7H2,1H3,(H,12,13). The molecule has 2 unspecified atom stereocenters. The van der Waals surface area contributed by atoms with Gasteiger partial charge >= 0.3 is 0 Å². The van der Waals surface area contributed by atoms with E-state index in [0.29, 0.717) is 5.92 Å². The lowest BCUT2D eigenvalue weighted by Crippen LogP contribution is -2.50. The van der Waals surface area contributed by atoms with Crippen LogP contribution in [0, 0.1) is 5.92 Å². The van der Waals surface area contributed by atoms with Gasteiger partial charge in [-0.15, -0.1) is 0 Å². The van der Waals surface area contributed by atoms with Gasteiger partial charge in [0.05, 0.1) is 0 Å². The first-order chi connectivity index (χ1) is 6.27. The maximum Gasteiger partial charge on any atom is 0.243 e. The number of rotatable bonds is 3. The minimum Gasteiger partial charge on any atom is -0.348 e. The first-order valence-corrected chi connectivity index (χ1v) is 4.91. The fraction of sp³-hybridized carbons (Fsp3) is 0.700. The molecule has 0 aromatic rings. The molecule has 0 radical (unpaired) electrons. The van der Waals surface area contributed by atoms with E-state index in [0.717, 1.165) is 25.9 Å². The Morgan fingerprint density at radius 3 is 3.15 bits per heavy atom. The summed E-state index contributed by atoms with van der Waals surface area (Å²) in [6.07, 6.45) is 3.61. The van der Waals surface area contributed by atoms with Crippen LogP contribution in [0.2, 0.25) is 0 Å². The Labute approximate surface area is 79.6 Å². The van der Waals surface area contributed by atoms with Crippen LogP contribution in [0.1, 0.15) is 19.8 Å². The lowest BCUT2D eigenvalue weighted by Gasteiger charge is -2.31. The van der Waals surface area contributed by atoms with E-state index in [2.05, 4.69) is 24.1 Å². The Morgan fingerprint density at radius 1 is 1.77 bits per heavy atom. The first kappa shape index (κ1) is 10.3. The highest BCUT2D eigenvalue weighted by Crippen LogP contribution is 2.15. The largest absolute Gasteiger partial charge is 0.348 e. The maximum atomic E-state index is 11.1. The number of carbonyl (C=O) groups is 1. The zero-order valence-electron chi connectivity index (χ0n) is 8.18. The van der Waals surface area contributed by atoms with Crippen LogP contribution in [0.25, 0.3) is 0 Å². The molecule has 0 spiro atoms. The van der Waals surface area contributed by atoms with Crippen LogP contribution in [0.15, 0.2) is 12.7 Å². The number of nitrogens with one attached hydrogen (secondary N) is 2. The van der Waals surface area contributed by atoms with Gasteiger partial charge in [-0.25, -0.2) is 0 Å². The normalized spacial score (nSPS) is 28.1. The predicted octanol–water partition coefficient (Wildman–Crippen LogP) is 0.677. The molecule has 2 N–H and O–H groups in total. The smallest absolute Gasteiger partial charge is 0.243 e. The van der Waals surface area contributed by atoms with Crippen molar-refractivity contribution in [2.24, 2.45) is 5.92 Å². The molecule has 2 atom stereocenters. The topological polar surface area (TPSA) is 41.1 Å². The molecule has 0 bridgehead atoms. The fourth-order valence-corrected chi connectivity index (χ4v) is 1.81. The summed E-state index contributed by atoms with van der Waals surface area (Å²) in [7, 11) is 0. The van der Waals surface area contributed by atoms with E-state index in [1.807, 2.05) is 0 Å². The molecule has 3 heteroatoms. The molecule has 1 fully saturated rings. The Balaban J connectivity index is 2.44. The second kappa shape index (κ2) is 5.02. The van der Waals surface area contributed by atoms with Gasteiger partial charge in [-0.2, -0.15) is 0 Å². The molecule has 0 aromatic heterocycles. The van der Waals surface area contributed by atoms with Gasteiger partial charge < -0.3 is 10.6 Å². The Hall–Kier alpha value is -0.830. The van der Waals surface area contributed by atoms with E-state index in [1.54, 1.807) is 0 Å². The van der Waals surface area contributed by atoms with E-state index < -0.39 is 0 Å². The van der Waals surface area contributed by atoms with Gasteiger partial charge in [0.1, 0.15) is 0 Å².